The van der Waals surface area contributed by atoms with Crippen LogP contribution in [-0.2, 0) is 4.79 Å². The lowest BCUT2D eigenvalue weighted by molar-refractivity contribution is -0.139. The number of carbonyl (C=O) groups excluding carboxylic acids is 1. The molecule has 0 saturated carbocycles. The van der Waals surface area contributed by atoms with Crippen LogP contribution in [0.1, 0.15) is 10.4 Å². The molecule has 8 heteroatoms. The van der Waals surface area contributed by atoms with Crippen molar-refractivity contribution in [2.45, 2.75) is 0 Å². The van der Waals surface area contributed by atoms with E-state index in [1.54, 1.807) is 0 Å². The standard InChI is InChI=1S/C13H10FN3O4/c14-9-1-3-10(4-2-9)17-12(20)8-5-15-13(16-6-8)21-7-11(18)19/h1-6H,7H2,(H,17,20)(H,18,19). The monoisotopic (exact) mass is 291 g/mol. The molecule has 2 aromatic rings. The molecule has 1 aromatic carbocycles. The van der Waals surface area contributed by atoms with Gasteiger partial charge < -0.3 is 15.2 Å². The molecule has 7 nitrogen and oxygen atoms in total. The van der Waals surface area contributed by atoms with Crippen molar-refractivity contribution in [1.82, 2.24) is 9.97 Å². The van der Waals surface area contributed by atoms with E-state index in [4.69, 9.17) is 9.84 Å². The minimum atomic E-state index is -1.16. The van der Waals surface area contributed by atoms with Gasteiger partial charge in [0.05, 0.1) is 5.56 Å². The first kappa shape index (κ1) is 14.4. The smallest absolute Gasteiger partial charge is 0.341 e. The fourth-order valence-corrected chi connectivity index (χ4v) is 1.37. The van der Waals surface area contributed by atoms with Gasteiger partial charge in [0, 0.05) is 18.1 Å². The zero-order chi connectivity index (χ0) is 15.2. The predicted molar refractivity (Wildman–Crippen MR) is 69.5 cm³/mol. The average Bonchev–Trinajstić information content (AvgIpc) is 2.48. The lowest BCUT2D eigenvalue weighted by atomic mass is 10.2. The van der Waals surface area contributed by atoms with E-state index in [0.29, 0.717) is 5.69 Å². The number of anilines is 1. The van der Waals surface area contributed by atoms with E-state index < -0.39 is 24.3 Å². The first-order chi connectivity index (χ1) is 10.0. The number of rotatable bonds is 5. The summed E-state index contributed by atoms with van der Waals surface area (Å²) in [6.07, 6.45) is 2.39. The summed E-state index contributed by atoms with van der Waals surface area (Å²) in [6.45, 7) is -0.568. The fraction of sp³-hybridized carbons (Fsp3) is 0.0769. The number of nitrogens with one attached hydrogen (secondary N) is 1. The Kier molecular flexibility index (Phi) is 4.39. The van der Waals surface area contributed by atoms with Crippen molar-refractivity contribution in [3.63, 3.8) is 0 Å². The third-order valence-corrected chi connectivity index (χ3v) is 2.32. The molecular weight excluding hydrogens is 281 g/mol. The zero-order valence-electron chi connectivity index (χ0n) is 10.6. The minimum absolute atomic E-state index is 0.143. The second-order valence-electron chi connectivity index (χ2n) is 3.90. The van der Waals surface area contributed by atoms with Crippen LogP contribution in [0.15, 0.2) is 36.7 Å². The van der Waals surface area contributed by atoms with Gasteiger partial charge in [-0.3, -0.25) is 4.79 Å². The van der Waals surface area contributed by atoms with Gasteiger partial charge in [-0.05, 0) is 24.3 Å². The lowest BCUT2D eigenvalue weighted by Crippen LogP contribution is -2.14. The van der Waals surface area contributed by atoms with Crippen LogP contribution in [-0.4, -0.2) is 33.6 Å². The molecule has 0 spiro atoms. The number of carboxylic acids is 1. The summed E-state index contributed by atoms with van der Waals surface area (Å²) in [5.41, 5.74) is 0.578. The van der Waals surface area contributed by atoms with E-state index in [1.807, 2.05) is 0 Å². The number of nitrogens with zero attached hydrogens (tertiary/aromatic N) is 2. The Morgan fingerprint density at radius 2 is 1.81 bits per heavy atom. The van der Waals surface area contributed by atoms with Crippen LogP contribution in [0.4, 0.5) is 10.1 Å². The molecule has 0 bridgehead atoms. The highest BCUT2D eigenvalue weighted by Gasteiger charge is 2.09. The van der Waals surface area contributed by atoms with Gasteiger partial charge in [-0.15, -0.1) is 0 Å². The van der Waals surface area contributed by atoms with E-state index >= 15 is 0 Å². The molecule has 0 saturated heterocycles. The SMILES string of the molecule is O=C(O)COc1ncc(C(=O)Nc2ccc(F)cc2)cn1. The van der Waals surface area contributed by atoms with Crippen molar-refractivity contribution in [1.29, 1.82) is 0 Å². The normalized spacial score (nSPS) is 9.95. The molecule has 1 heterocycles. The maximum atomic E-state index is 12.7. The molecule has 0 atom stereocenters. The molecule has 0 aliphatic carbocycles. The molecule has 1 amide bonds. The van der Waals surface area contributed by atoms with Gasteiger partial charge >= 0.3 is 12.0 Å². The topological polar surface area (TPSA) is 101 Å². The molecule has 0 aliphatic rings. The predicted octanol–water partition coefficient (Wildman–Crippen LogP) is 1.33. The number of benzene rings is 1. The summed E-state index contributed by atoms with van der Waals surface area (Å²) in [7, 11) is 0. The number of aliphatic carboxylic acids is 1. The number of halogens is 1. The molecule has 2 rings (SSSR count). The molecule has 0 unspecified atom stereocenters. The number of carbonyl (C=O) groups is 2. The molecule has 1 aromatic heterocycles. The van der Waals surface area contributed by atoms with Crippen LogP contribution >= 0.6 is 0 Å². The minimum Gasteiger partial charge on any atom is -0.479 e. The second-order valence-corrected chi connectivity index (χ2v) is 3.90. The van der Waals surface area contributed by atoms with Gasteiger partial charge in [0.15, 0.2) is 6.61 Å². The van der Waals surface area contributed by atoms with Crippen molar-refractivity contribution in [2.24, 2.45) is 0 Å². The van der Waals surface area contributed by atoms with E-state index in [1.165, 1.54) is 36.7 Å². The number of carboxylic acid groups (broad SMARTS) is 1. The summed E-state index contributed by atoms with van der Waals surface area (Å²) in [5, 5.41) is 11.0. The van der Waals surface area contributed by atoms with E-state index in [2.05, 4.69) is 15.3 Å². The Balaban J connectivity index is 1.99. The average molecular weight is 291 g/mol. The van der Waals surface area contributed by atoms with Gasteiger partial charge in [0.1, 0.15) is 5.82 Å². The van der Waals surface area contributed by atoms with Gasteiger partial charge in [0.25, 0.3) is 5.91 Å². The summed E-state index contributed by atoms with van der Waals surface area (Å²) >= 11 is 0. The Bertz CT molecular complexity index is 643. The molecule has 2 N–H and O–H groups in total. The molecule has 21 heavy (non-hydrogen) atoms. The summed E-state index contributed by atoms with van der Waals surface area (Å²) < 4.78 is 17.5. The van der Waals surface area contributed by atoms with Gasteiger partial charge in [-0.25, -0.2) is 19.2 Å². The summed E-state index contributed by atoms with van der Waals surface area (Å²) in [4.78, 5) is 29.6. The van der Waals surface area contributed by atoms with Crippen molar-refractivity contribution in [2.75, 3.05) is 11.9 Å². The number of hydrogen-bond acceptors (Lipinski definition) is 5. The largest absolute Gasteiger partial charge is 0.479 e. The van der Waals surface area contributed by atoms with Crippen molar-refractivity contribution < 1.29 is 23.8 Å². The third kappa shape index (κ3) is 4.23. The van der Waals surface area contributed by atoms with Crippen LogP contribution in [0, 0.1) is 5.82 Å². The third-order valence-electron chi connectivity index (χ3n) is 2.32. The van der Waals surface area contributed by atoms with Crippen LogP contribution in [0.25, 0.3) is 0 Å². The Labute approximate surface area is 118 Å². The first-order valence-corrected chi connectivity index (χ1v) is 5.78. The van der Waals surface area contributed by atoms with Crippen LogP contribution in [0.2, 0.25) is 0 Å². The number of aromatic nitrogens is 2. The number of hydrogen-bond donors (Lipinski definition) is 2. The first-order valence-electron chi connectivity index (χ1n) is 5.78. The highest BCUT2D eigenvalue weighted by molar-refractivity contribution is 6.03. The van der Waals surface area contributed by atoms with Crippen LogP contribution in [0.5, 0.6) is 6.01 Å². The van der Waals surface area contributed by atoms with Crippen molar-refractivity contribution in [3.8, 4) is 6.01 Å². The Morgan fingerprint density at radius 3 is 2.38 bits per heavy atom. The highest BCUT2D eigenvalue weighted by atomic mass is 19.1. The Morgan fingerprint density at radius 1 is 1.19 bits per heavy atom. The van der Waals surface area contributed by atoms with Crippen LogP contribution < -0.4 is 10.1 Å². The summed E-state index contributed by atoms with van der Waals surface area (Å²) in [5.74, 6) is -2.04. The molecule has 0 radical (unpaired) electrons. The van der Waals surface area contributed by atoms with Crippen molar-refractivity contribution in [3.05, 3.63) is 48.0 Å². The van der Waals surface area contributed by atoms with E-state index in [9.17, 15) is 14.0 Å². The van der Waals surface area contributed by atoms with Gasteiger partial charge in [-0.2, -0.15) is 0 Å². The maximum Gasteiger partial charge on any atom is 0.341 e. The van der Waals surface area contributed by atoms with Crippen LogP contribution in [0.3, 0.4) is 0 Å². The fourth-order valence-electron chi connectivity index (χ4n) is 1.37. The van der Waals surface area contributed by atoms with E-state index in [0.717, 1.165) is 0 Å². The molecule has 0 aliphatic heterocycles. The Hall–Kier alpha value is -3.03. The molecule has 0 fully saturated rings. The number of ether oxygens (including phenoxy) is 1. The quantitative estimate of drug-likeness (QED) is 0.861. The van der Waals surface area contributed by atoms with Crippen molar-refractivity contribution >= 4 is 17.6 Å². The maximum absolute atomic E-state index is 12.7. The molecule has 108 valence electrons. The second kappa shape index (κ2) is 6.42. The number of amides is 1. The lowest BCUT2D eigenvalue weighted by Gasteiger charge is -2.05. The highest BCUT2D eigenvalue weighted by Crippen LogP contribution is 2.10. The van der Waals surface area contributed by atoms with Gasteiger partial charge in [0.2, 0.25) is 0 Å². The van der Waals surface area contributed by atoms with Gasteiger partial charge in [-0.1, -0.05) is 0 Å². The molecular formula is C13H10FN3O4. The van der Waals surface area contributed by atoms with E-state index in [-0.39, 0.29) is 11.6 Å². The summed E-state index contributed by atoms with van der Waals surface area (Å²) in [6, 6.07) is 5.12. The zero-order valence-corrected chi connectivity index (χ0v) is 10.6.